The van der Waals surface area contributed by atoms with Gasteiger partial charge in [-0.1, -0.05) is 40.3 Å². The Bertz CT molecular complexity index is 296. The minimum atomic E-state index is 1.10. The van der Waals surface area contributed by atoms with Crippen LogP contribution >= 0.6 is 22.6 Å². The van der Waals surface area contributed by atoms with Crippen LogP contribution in [0.1, 0.15) is 11.1 Å². The quantitative estimate of drug-likeness (QED) is 0.432. The lowest BCUT2D eigenvalue weighted by atomic mass is 10.1. The van der Waals surface area contributed by atoms with E-state index in [1.54, 1.807) is 0 Å². The second-order valence-corrected chi connectivity index (χ2v) is 3.95. The van der Waals surface area contributed by atoms with Crippen molar-refractivity contribution in [2.24, 2.45) is 0 Å². The molecule has 0 aliphatic carbocycles. The van der Waals surface area contributed by atoms with Gasteiger partial charge in [0.05, 0.1) is 4.55 Å². The van der Waals surface area contributed by atoms with Gasteiger partial charge in [0.15, 0.2) is 0 Å². The minimum absolute atomic E-state index is 1.10. The maximum absolute atomic E-state index is 2.43. The Morgan fingerprint density at radius 1 is 1.50 bits per heavy atom. The highest BCUT2D eigenvalue weighted by atomic mass is 127. The molecular formula is C10H12IN. The van der Waals surface area contributed by atoms with Crippen molar-refractivity contribution in [2.45, 2.75) is 13.3 Å². The predicted molar refractivity (Wildman–Crippen MR) is 61.1 cm³/mol. The van der Waals surface area contributed by atoms with Crippen LogP contribution in [0.15, 0.2) is 18.2 Å². The van der Waals surface area contributed by atoms with Gasteiger partial charge in [0.2, 0.25) is 0 Å². The molecule has 1 aliphatic heterocycles. The summed E-state index contributed by atoms with van der Waals surface area (Å²) in [6.07, 6.45) is 1.22. The smallest absolute Gasteiger partial charge is 0.0699 e. The SMILES string of the molecule is Cc1ccc2c(c1)CCN2CI. The Morgan fingerprint density at radius 3 is 3.08 bits per heavy atom. The molecule has 0 fully saturated rings. The lowest BCUT2D eigenvalue weighted by Gasteiger charge is -2.15. The van der Waals surface area contributed by atoms with Crippen LogP contribution in [0.2, 0.25) is 0 Å². The Labute approximate surface area is 86.9 Å². The number of fused-ring (bicyclic) bond motifs is 1. The van der Waals surface area contributed by atoms with E-state index in [2.05, 4.69) is 52.6 Å². The first kappa shape index (κ1) is 8.35. The number of hydrogen-bond acceptors (Lipinski definition) is 1. The van der Waals surface area contributed by atoms with Gasteiger partial charge >= 0.3 is 0 Å². The summed E-state index contributed by atoms with van der Waals surface area (Å²) in [6.45, 7) is 3.36. The Balaban J connectivity index is 2.40. The summed E-state index contributed by atoms with van der Waals surface area (Å²) in [5.41, 5.74) is 4.34. The van der Waals surface area contributed by atoms with Crippen LogP contribution in [0.25, 0.3) is 0 Å². The molecule has 0 saturated carbocycles. The fourth-order valence-corrected chi connectivity index (χ4v) is 2.43. The van der Waals surface area contributed by atoms with Gasteiger partial charge < -0.3 is 4.90 Å². The lowest BCUT2D eigenvalue weighted by Crippen LogP contribution is -2.17. The van der Waals surface area contributed by atoms with Crippen LogP contribution in [0.4, 0.5) is 5.69 Å². The zero-order chi connectivity index (χ0) is 8.55. The average Bonchev–Trinajstić information content (AvgIpc) is 2.46. The van der Waals surface area contributed by atoms with Gasteiger partial charge in [0.25, 0.3) is 0 Å². The van der Waals surface area contributed by atoms with Crippen molar-refractivity contribution in [2.75, 3.05) is 16.0 Å². The highest BCUT2D eigenvalue weighted by Gasteiger charge is 2.16. The molecule has 0 bridgehead atoms. The third-order valence-electron chi connectivity index (χ3n) is 2.37. The predicted octanol–water partition coefficient (Wildman–Crippen LogP) is 2.75. The van der Waals surface area contributed by atoms with Gasteiger partial charge in [-0.25, -0.2) is 0 Å². The van der Waals surface area contributed by atoms with Crippen molar-refractivity contribution in [1.29, 1.82) is 0 Å². The number of alkyl halides is 1. The molecule has 0 radical (unpaired) electrons. The van der Waals surface area contributed by atoms with E-state index in [4.69, 9.17) is 0 Å². The molecule has 0 N–H and O–H groups in total. The van der Waals surface area contributed by atoms with E-state index in [1.165, 1.54) is 29.8 Å². The van der Waals surface area contributed by atoms with Crippen LogP contribution in [-0.2, 0) is 6.42 Å². The monoisotopic (exact) mass is 273 g/mol. The maximum atomic E-state index is 2.43. The van der Waals surface area contributed by atoms with Crippen LogP contribution in [0.5, 0.6) is 0 Å². The van der Waals surface area contributed by atoms with Gasteiger partial charge in [-0.2, -0.15) is 0 Å². The molecule has 64 valence electrons. The number of rotatable bonds is 1. The van der Waals surface area contributed by atoms with Gasteiger partial charge in [-0.15, -0.1) is 0 Å². The molecule has 1 aromatic rings. The van der Waals surface area contributed by atoms with Crippen molar-refractivity contribution in [3.05, 3.63) is 29.3 Å². The average molecular weight is 273 g/mol. The molecule has 2 heteroatoms. The molecule has 0 aromatic heterocycles. The van der Waals surface area contributed by atoms with Crippen molar-refractivity contribution >= 4 is 28.3 Å². The first-order valence-electron chi connectivity index (χ1n) is 4.21. The summed E-state index contributed by atoms with van der Waals surface area (Å²) in [5, 5.41) is 0. The third-order valence-corrected chi connectivity index (χ3v) is 3.19. The topological polar surface area (TPSA) is 3.24 Å². The molecule has 0 saturated heterocycles. The molecule has 1 aliphatic rings. The number of aryl methyl sites for hydroxylation is 1. The van der Waals surface area contributed by atoms with E-state index in [0.29, 0.717) is 0 Å². The van der Waals surface area contributed by atoms with Crippen LogP contribution in [-0.4, -0.2) is 11.1 Å². The lowest BCUT2D eigenvalue weighted by molar-refractivity contribution is 0.948. The van der Waals surface area contributed by atoms with Crippen molar-refractivity contribution in [3.63, 3.8) is 0 Å². The molecule has 1 heterocycles. The zero-order valence-electron chi connectivity index (χ0n) is 7.18. The van der Waals surface area contributed by atoms with E-state index in [0.717, 1.165) is 4.55 Å². The first-order chi connectivity index (χ1) is 5.81. The van der Waals surface area contributed by atoms with E-state index in [9.17, 15) is 0 Å². The summed E-state index contributed by atoms with van der Waals surface area (Å²) in [6, 6.07) is 6.75. The molecule has 0 spiro atoms. The second-order valence-electron chi connectivity index (χ2n) is 3.27. The normalized spacial score (nSPS) is 15.0. The number of anilines is 1. The summed E-state index contributed by atoms with van der Waals surface area (Å²) in [5.74, 6) is 0. The van der Waals surface area contributed by atoms with E-state index >= 15 is 0 Å². The van der Waals surface area contributed by atoms with E-state index in [1.807, 2.05) is 0 Å². The van der Waals surface area contributed by atoms with Crippen molar-refractivity contribution < 1.29 is 0 Å². The summed E-state index contributed by atoms with van der Waals surface area (Å²) in [4.78, 5) is 2.43. The molecule has 2 rings (SSSR count). The maximum Gasteiger partial charge on any atom is 0.0699 e. The molecule has 1 nitrogen and oxygen atoms in total. The molecular weight excluding hydrogens is 261 g/mol. The molecule has 0 unspecified atom stereocenters. The largest absolute Gasteiger partial charge is 0.362 e. The Kier molecular flexibility index (Phi) is 2.26. The zero-order valence-corrected chi connectivity index (χ0v) is 9.34. The Hall–Kier alpha value is -0.250. The highest BCUT2D eigenvalue weighted by Crippen LogP contribution is 2.28. The second kappa shape index (κ2) is 3.24. The standard InChI is InChI=1S/C10H12IN/c1-8-2-3-10-9(6-8)4-5-12(10)7-11/h2-3,6H,4-5,7H2,1H3. The highest BCUT2D eigenvalue weighted by molar-refractivity contribution is 14.1. The Morgan fingerprint density at radius 2 is 2.33 bits per heavy atom. The molecule has 12 heavy (non-hydrogen) atoms. The molecule has 1 aromatic carbocycles. The van der Waals surface area contributed by atoms with Crippen LogP contribution in [0, 0.1) is 6.92 Å². The van der Waals surface area contributed by atoms with Crippen LogP contribution < -0.4 is 4.90 Å². The first-order valence-corrected chi connectivity index (χ1v) is 5.74. The minimum Gasteiger partial charge on any atom is -0.362 e. The fraction of sp³-hybridized carbons (Fsp3) is 0.400. The number of benzene rings is 1. The van der Waals surface area contributed by atoms with E-state index in [-0.39, 0.29) is 0 Å². The van der Waals surface area contributed by atoms with Crippen molar-refractivity contribution in [3.8, 4) is 0 Å². The van der Waals surface area contributed by atoms with Gasteiger partial charge in [-0.05, 0) is 25.0 Å². The van der Waals surface area contributed by atoms with E-state index < -0.39 is 0 Å². The summed E-state index contributed by atoms with van der Waals surface area (Å²) >= 11 is 2.42. The third kappa shape index (κ3) is 1.32. The number of halogens is 1. The molecule has 0 atom stereocenters. The van der Waals surface area contributed by atoms with Gasteiger partial charge in [-0.3, -0.25) is 0 Å². The summed E-state index contributed by atoms with van der Waals surface area (Å²) in [7, 11) is 0. The number of hydrogen-bond donors (Lipinski definition) is 0. The fourth-order valence-electron chi connectivity index (χ4n) is 1.72. The number of nitrogens with zero attached hydrogens (tertiary/aromatic N) is 1. The molecule has 0 amide bonds. The van der Waals surface area contributed by atoms with Gasteiger partial charge in [0.1, 0.15) is 0 Å². The van der Waals surface area contributed by atoms with Crippen LogP contribution in [0.3, 0.4) is 0 Å². The van der Waals surface area contributed by atoms with Crippen molar-refractivity contribution in [1.82, 2.24) is 0 Å². The summed E-state index contributed by atoms with van der Waals surface area (Å²) < 4.78 is 1.10. The van der Waals surface area contributed by atoms with Gasteiger partial charge in [0, 0.05) is 12.2 Å².